The molecule has 0 aromatic heterocycles. The van der Waals surface area contributed by atoms with Gasteiger partial charge in [-0.3, -0.25) is 0 Å². The van der Waals surface area contributed by atoms with Crippen LogP contribution >= 0.6 is 15.9 Å². The number of hydrogen-bond donors (Lipinski definition) is 1. The minimum Gasteiger partial charge on any atom is -0.411 e. The molecule has 3 heteroatoms. The van der Waals surface area contributed by atoms with E-state index in [2.05, 4.69) is 21.1 Å². The Morgan fingerprint density at radius 2 is 1.65 bits per heavy atom. The summed E-state index contributed by atoms with van der Waals surface area (Å²) in [6.45, 7) is 0. The van der Waals surface area contributed by atoms with E-state index < -0.39 is 0 Å². The molecule has 0 unspecified atom stereocenters. The van der Waals surface area contributed by atoms with Crippen LogP contribution in [-0.4, -0.2) is 10.9 Å². The molecular weight excluding hydrogens is 278 g/mol. The summed E-state index contributed by atoms with van der Waals surface area (Å²) in [5.41, 5.74) is 2.73. The summed E-state index contributed by atoms with van der Waals surface area (Å²) in [4.78, 5) is 0. The molecule has 0 amide bonds. The Morgan fingerprint density at radius 1 is 1.00 bits per heavy atom. The molecule has 0 saturated heterocycles. The van der Waals surface area contributed by atoms with Crippen molar-refractivity contribution in [3.05, 3.63) is 70.2 Å². The van der Waals surface area contributed by atoms with Crippen molar-refractivity contribution in [3.8, 4) is 0 Å². The first-order valence-corrected chi connectivity index (χ1v) is 6.09. The fourth-order valence-corrected chi connectivity index (χ4v) is 1.89. The number of halogens is 1. The largest absolute Gasteiger partial charge is 0.411 e. The van der Waals surface area contributed by atoms with Gasteiger partial charge in [-0.05, 0) is 23.3 Å². The lowest BCUT2D eigenvalue weighted by Crippen LogP contribution is -2.05. The van der Waals surface area contributed by atoms with Crippen LogP contribution in [0.1, 0.15) is 11.1 Å². The van der Waals surface area contributed by atoms with Crippen LogP contribution in [0.15, 0.2) is 64.2 Å². The van der Waals surface area contributed by atoms with Crippen molar-refractivity contribution >= 4 is 21.6 Å². The van der Waals surface area contributed by atoms with E-state index in [0.29, 0.717) is 12.1 Å². The molecule has 1 N–H and O–H groups in total. The minimum atomic E-state index is 0.624. The molecule has 0 heterocycles. The number of benzene rings is 2. The Morgan fingerprint density at radius 3 is 2.24 bits per heavy atom. The smallest absolute Gasteiger partial charge is 0.0911 e. The molecule has 2 aromatic rings. The van der Waals surface area contributed by atoms with Crippen molar-refractivity contribution in [3.63, 3.8) is 0 Å². The average Bonchev–Trinajstić information content (AvgIpc) is 2.38. The van der Waals surface area contributed by atoms with E-state index in [1.807, 2.05) is 54.6 Å². The topological polar surface area (TPSA) is 32.6 Å². The number of hydrogen-bond acceptors (Lipinski definition) is 2. The molecule has 17 heavy (non-hydrogen) atoms. The van der Waals surface area contributed by atoms with Gasteiger partial charge in [0.2, 0.25) is 0 Å². The molecule has 0 bridgehead atoms. The van der Waals surface area contributed by atoms with Crippen LogP contribution in [0, 0.1) is 0 Å². The highest BCUT2D eigenvalue weighted by Gasteiger charge is 2.05. The summed E-state index contributed by atoms with van der Waals surface area (Å²) in [6.07, 6.45) is 0.624. The Hall–Kier alpha value is -1.61. The third-order valence-corrected chi connectivity index (χ3v) is 3.04. The molecule has 2 nitrogen and oxygen atoms in total. The Kier molecular flexibility index (Phi) is 3.94. The maximum atomic E-state index is 9.09. The molecule has 0 fully saturated rings. The molecule has 0 radical (unpaired) electrons. The first-order chi connectivity index (χ1) is 8.29. The average molecular weight is 290 g/mol. The highest BCUT2D eigenvalue weighted by molar-refractivity contribution is 9.10. The number of rotatable bonds is 3. The van der Waals surface area contributed by atoms with Gasteiger partial charge in [-0.1, -0.05) is 63.6 Å². The van der Waals surface area contributed by atoms with Gasteiger partial charge in [-0.15, -0.1) is 0 Å². The maximum absolute atomic E-state index is 9.09. The molecular formula is C14H12BrNO. The second-order valence-electron chi connectivity index (χ2n) is 3.72. The molecule has 0 spiro atoms. The fraction of sp³-hybridized carbons (Fsp3) is 0.0714. The minimum absolute atomic E-state index is 0.624. The second-order valence-corrected chi connectivity index (χ2v) is 4.63. The van der Waals surface area contributed by atoms with Crippen molar-refractivity contribution in [2.24, 2.45) is 5.16 Å². The summed E-state index contributed by atoms with van der Waals surface area (Å²) < 4.78 is 1.01. The zero-order valence-corrected chi connectivity index (χ0v) is 10.8. The van der Waals surface area contributed by atoms with Crippen LogP contribution in [0.4, 0.5) is 0 Å². The molecule has 0 aliphatic carbocycles. The van der Waals surface area contributed by atoms with Gasteiger partial charge >= 0.3 is 0 Å². The van der Waals surface area contributed by atoms with E-state index in [4.69, 9.17) is 5.21 Å². The summed E-state index contributed by atoms with van der Waals surface area (Å²) in [5.74, 6) is 0. The third-order valence-electron chi connectivity index (χ3n) is 2.51. The van der Waals surface area contributed by atoms with Crippen LogP contribution < -0.4 is 0 Å². The Balaban J connectivity index is 2.21. The zero-order valence-electron chi connectivity index (χ0n) is 9.18. The van der Waals surface area contributed by atoms with Crippen molar-refractivity contribution in [1.82, 2.24) is 0 Å². The molecule has 2 rings (SSSR count). The van der Waals surface area contributed by atoms with Crippen LogP contribution in [0.2, 0.25) is 0 Å². The van der Waals surface area contributed by atoms with Crippen LogP contribution in [0.25, 0.3) is 0 Å². The summed E-state index contributed by atoms with van der Waals surface area (Å²) in [6, 6.07) is 17.7. The fourth-order valence-electron chi connectivity index (χ4n) is 1.63. The van der Waals surface area contributed by atoms with E-state index in [1.165, 1.54) is 0 Å². The van der Waals surface area contributed by atoms with Gasteiger partial charge in [-0.2, -0.15) is 0 Å². The van der Waals surface area contributed by atoms with E-state index >= 15 is 0 Å². The first-order valence-electron chi connectivity index (χ1n) is 5.30. The number of oxime groups is 1. The third kappa shape index (κ3) is 3.17. The van der Waals surface area contributed by atoms with E-state index in [-0.39, 0.29) is 0 Å². The summed E-state index contributed by atoms with van der Waals surface area (Å²) in [7, 11) is 0. The highest BCUT2D eigenvalue weighted by atomic mass is 79.9. The normalized spacial score (nSPS) is 11.5. The lowest BCUT2D eigenvalue weighted by molar-refractivity contribution is 0.318. The Bertz CT molecular complexity index is 506. The summed E-state index contributed by atoms with van der Waals surface area (Å²) in [5, 5.41) is 12.5. The first kappa shape index (κ1) is 11.9. The summed E-state index contributed by atoms with van der Waals surface area (Å²) >= 11 is 3.38. The van der Waals surface area contributed by atoms with Crippen molar-refractivity contribution in [2.45, 2.75) is 6.42 Å². The molecule has 0 aliphatic rings. The molecule has 86 valence electrons. The van der Waals surface area contributed by atoms with E-state index in [9.17, 15) is 0 Å². The maximum Gasteiger partial charge on any atom is 0.0911 e. The van der Waals surface area contributed by atoms with Crippen LogP contribution in [0.5, 0.6) is 0 Å². The monoisotopic (exact) mass is 289 g/mol. The molecule has 0 atom stereocenters. The van der Waals surface area contributed by atoms with Crippen LogP contribution in [-0.2, 0) is 6.42 Å². The van der Waals surface area contributed by atoms with Gasteiger partial charge in [-0.25, -0.2) is 0 Å². The molecule has 2 aromatic carbocycles. The SMILES string of the molecule is O/N=C(\Cc1ccccc1)c1ccc(Br)cc1. The van der Waals surface area contributed by atoms with Gasteiger partial charge < -0.3 is 5.21 Å². The number of nitrogens with zero attached hydrogens (tertiary/aromatic N) is 1. The molecule has 0 aliphatic heterocycles. The van der Waals surface area contributed by atoms with Crippen molar-refractivity contribution in [2.75, 3.05) is 0 Å². The van der Waals surface area contributed by atoms with Crippen molar-refractivity contribution in [1.29, 1.82) is 0 Å². The Labute approximate surface area is 109 Å². The zero-order chi connectivity index (χ0) is 12.1. The quantitative estimate of drug-likeness (QED) is 0.519. The predicted octanol–water partition coefficient (Wildman–Crippen LogP) is 3.87. The van der Waals surface area contributed by atoms with Crippen molar-refractivity contribution < 1.29 is 5.21 Å². The standard InChI is InChI=1S/C14H12BrNO/c15-13-8-6-12(7-9-13)14(16-17)10-11-4-2-1-3-5-11/h1-9,17H,10H2/b16-14+. The molecule has 0 saturated carbocycles. The van der Waals surface area contributed by atoms with Gasteiger partial charge in [0, 0.05) is 10.9 Å². The van der Waals surface area contributed by atoms with Gasteiger partial charge in [0.1, 0.15) is 0 Å². The van der Waals surface area contributed by atoms with Gasteiger partial charge in [0.25, 0.3) is 0 Å². The lowest BCUT2D eigenvalue weighted by atomic mass is 10.0. The highest BCUT2D eigenvalue weighted by Crippen LogP contribution is 2.13. The van der Waals surface area contributed by atoms with Gasteiger partial charge in [0.05, 0.1) is 5.71 Å². The van der Waals surface area contributed by atoms with E-state index in [1.54, 1.807) is 0 Å². The van der Waals surface area contributed by atoms with Gasteiger partial charge in [0.15, 0.2) is 0 Å². The lowest BCUT2D eigenvalue weighted by Gasteiger charge is -2.05. The second kappa shape index (κ2) is 5.64. The predicted molar refractivity (Wildman–Crippen MR) is 72.6 cm³/mol. The van der Waals surface area contributed by atoms with E-state index in [0.717, 1.165) is 15.6 Å². The van der Waals surface area contributed by atoms with Crippen LogP contribution in [0.3, 0.4) is 0 Å².